The van der Waals surface area contributed by atoms with Crippen molar-refractivity contribution in [3.05, 3.63) is 59.9 Å². The lowest BCUT2D eigenvalue weighted by molar-refractivity contribution is -0.117. The summed E-state index contributed by atoms with van der Waals surface area (Å²) in [6.45, 7) is 9.51. The first-order chi connectivity index (χ1) is 18.9. The second kappa shape index (κ2) is 10.2. The number of amides is 2. The van der Waals surface area contributed by atoms with Crippen molar-refractivity contribution in [1.82, 2.24) is 19.7 Å². The largest absolute Gasteiger partial charge is 0.474 e. The van der Waals surface area contributed by atoms with E-state index in [2.05, 4.69) is 20.4 Å². The Labute approximate surface area is 231 Å². The topological polar surface area (TPSA) is 111 Å². The van der Waals surface area contributed by atoms with Gasteiger partial charge in [0, 0.05) is 47.7 Å². The van der Waals surface area contributed by atoms with Gasteiger partial charge in [0.25, 0.3) is 0 Å². The number of fused-ring (bicyclic) bond motifs is 2. The van der Waals surface area contributed by atoms with Crippen molar-refractivity contribution in [1.29, 1.82) is 0 Å². The third kappa shape index (κ3) is 5.31. The number of rotatable bonds is 4. The maximum absolute atomic E-state index is 15.4. The molecule has 0 saturated heterocycles. The fourth-order valence-corrected chi connectivity index (χ4v) is 4.60. The molecule has 3 aromatic heterocycles. The normalized spacial score (nSPS) is 13.9. The Morgan fingerprint density at radius 1 is 1.10 bits per heavy atom. The summed E-state index contributed by atoms with van der Waals surface area (Å²) in [7, 11) is 1.79. The summed E-state index contributed by atoms with van der Waals surface area (Å²) in [6, 6.07) is 4.77. The fourth-order valence-electron chi connectivity index (χ4n) is 4.60. The van der Waals surface area contributed by atoms with E-state index in [1.807, 2.05) is 0 Å². The molecule has 0 fully saturated rings. The van der Waals surface area contributed by atoms with Crippen LogP contribution in [0.2, 0.25) is 0 Å². The third-order valence-corrected chi connectivity index (χ3v) is 6.68. The van der Waals surface area contributed by atoms with Gasteiger partial charge in [-0.05, 0) is 63.8 Å². The zero-order valence-corrected chi connectivity index (χ0v) is 23.3. The minimum absolute atomic E-state index is 0.237. The van der Waals surface area contributed by atoms with E-state index in [0.717, 1.165) is 5.56 Å². The molecule has 0 spiro atoms. The molecular formula is C29H31FN6O4. The average molecular weight is 547 g/mol. The van der Waals surface area contributed by atoms with E-state index < -0.39 is 23.4 Å². The van der Waals surface area contributed by atoms with Gasteiger partial charge < -0.3 is 14.8 Å². The Bertz CT molecular complexity index is 1630. The number of hydrogen-bond donors (Lipinski definition) is 1. The molecule has 1 aliphatic heterocycles. The quantitative estimate of drug-likeness (QED) is 0.367. The summed E-state index contributed by atoms with van der Waals surface area (Å²) >= 11 is 0. The molecule has 0 bridgehead atoms. The van der Waals surface area contributed by atoms with Gasteiger partial charge in [0.15, 0.2) is 0 Å². The van der Waals surface area contributed by atoms with Crippen LogP contribution in [0, 0.1) is 12.7 Å². The molecule has 1 aliphatic rings. The van der Waals surface area contributed by atoms with Gasteiger partial charge in [-0.2, -0.15) is 5.10 Å². The number of benzene rings is 1. The van der Waals surface area contributed by atoms with Crippen LogP contribution in [0.15, 0.2) is 43.0 Å². The van der Waals surface area contributed by atoms with Crippen LogP contribution in [-0.2, 0) is 16.6 Å². The Kier molecular flexibility index (Phi) is 6.91. The van der Waals surface area contributed by atoms with Crippen LogP contribution in [-0.4, -0.2) is 50.5 Å². The predicted octanol–water partition coefficient (Wildman–Crippen LogP) is 5.35. The zero-order valence-electron chi connectivity index (χ0n) is 23.3. The fraction of sp³-hybridized carbons (Fsp3) is 0.345. The van der Waals surface area contributed by atoms with Crippen molar-refractivity contribution in [3.8, 4) is 17.0 Å². The molecule has 1 aromatic carbocycles. The van der Waals surface area contributed by atoms with E-state index in [1.165, 1.54) is 23.4 Å². The van der Waals surface area contributed by atoms with Crippen molar-refractivity contribution >= 4 is 34.3 Å². The standard InChI is InChI=1S/C29H31FN6O4/c1-16(20-13-33-35(6)15-20)26(37)34-24-11-18-9-21(23(30)10-19(18)12-31-24)22-14-32-27-25(17(22)2)36(7-8-39-27)28(38)40-29(3,4)5/h9-16H,7-8H2,1-6H3,(H,31,34,37). The van der Waals surface area contributed by atoms with Crippen LogP contribution in [0.3, 0.4) is 0 Å². The first-order valence-electron chi connectivity index (χ1n) is 12.9. The first kappa shape index (κ1) is 27.0. The number of hydrogen-bond acceptors (Lipinski definition) is 7. The van der Waals surface area contributed by atoms with Gasteiger partial charge in [-0.25, -0.2) is 19.2 Å². The maximum atomic E-state index is 15.4. The molecular weight excluding hydrogens is 515 g/mol. The summed E-state index contributed by atoms with van der Waals surface area (Å²) < 4.78 is 28.4. The number of halogens is 1. The summed E-state index contributed by atoms with van der Waals surface area (Å²) in [5.74, 6) is -0.512. The van der Waals surface area contributed by atoms with Crippen molar-refractivity contribution in [2.75, 3.05) is 23.4 Å². The predicted molar refractivity (Wildman–Crippen MR) is 149 cm³/mol. The van der Waals surface area contributed by atoms with Crippen molar-refractivity contribution in [3.63, 3.8) is 0 Å². The first-order valence-corrected chi connectivity index (χ1v) is 12.9. The highest BCUT2D eigenvalue weighted by Crippen LogP contribution is 2.40. The molecule has 1 N–H and O–H groups in total. The molecule has 0 saturated carbocycles. The van der Waals surface area contributed by atoms with Crippen LogP contribution < -0.4 is 15.0 Å². The van der Waals surface area contributed by atoms with Crippen molar-refractivity contribution < 1.29 is 23.5 Å². The molecule has 1 unspecified atom stereocenters. The van der Waals surface area contributed by atoms with Gasteiger partial charge in [0.1, 0.15) is 29.5 Å². The Morgan fingerprint density at radius 2 is 1.88 bits per heavy atom. The SMILES string of the molecule is Cc1c(-c2cc3cc(NC(=O)C(C)c4cnn(C)c4)ncc3cc2F)cnc2c1N(C(=O)OC(C)(C)C)CCO2. The van der Waals surface area contributed by atoms with Crippen molar-refractivity contribution in [2.24, 2.45) is 7.05 Å². The average Bonchev–Trinajstić information content (AvgIpc) is 3.33. The maximum Gasteiger partial charge on any atom is 0.415 e. The number of aryl methyl sites for hydroxylation is 1. The molecule has 4 aromatic rings. The number of nitrogens with one attached hydrogen (secondary N) is 1. The highest BCUT2D eigenvalue weighted by molar-refractivity contribution is 5.98. The highest BCUT2D eigenvalue weighted by atomic mass is 19.1. The Balaban J connectivity index is 1.49. The molecule has 40 heavy (non-hydrogen) atoms. The summed E-state index contributed by atoms with van der Waals surface area (Å²) in [4.78, 5) is 36.0. The van der Waals surface area contributed by atoms with Gasteiger partial charge in [-0.3, -0.25) is 14.4 Å². The van der Waals surface area contributed by atoms with Gasteiger partial charge in [-0.1, -0.05) is 0 Å². The van der Waals surface area contributed by atoms with Gasteiger partial charge >= 0.3 is 6.09 Å². The number of carbonyl (C=O) groups excluding carboxylic acids is 2. The molecule has 4 heterocycles. The lowest BCUT2D eigenvalue weighted by Gasteiger charge is -2.32. The molecule has 0 radical (unpaired) electrons. The van der Waals surface area contributed by atoms with Crippen LogP contribution in [0.25, 0.3) is 21.9 Å². The van der Waals surface area contributed by atoms with E-state index in [1.54, 1.807) is 70.9 Å². The lowest BCUT2D eigenvalue weighted by Crippen LogP contribution is -2.42. The van der Waals surface area contributed by atoms with E-state index in [4.69, 9.17) is 9.47 Å². The van der Waals surface area contributed by atoms with E-state index >= 15 is 4.39 Å². The minimum atomic E-state index is -0.685. The summed E-state index contributed by atoms with van der Waals surface area (Å²) in [6.07, 6.45) is 5.97. The number of carbonyl (C=O) groups is 2. The van der Waals surface area contributed by atoms with Gasteiger partial charge in [0.2, 0.25) is 11.8 Å². The Hall–Kier alpha value is -4.54. The zero-order chi connectivity index (χ0) is 28.8. The van der Waals surface area contributed by atoms with Gasteiger partial charge in [0.05, 0.1) is 18.7 Å². The number of anilines is 2. The molecule has 10 nitrogen and oxygen atoms in total. The van der Waals surface area contributed by atoms with Gasteiger partial charge in [-0.15, -0.1) is 0 Å². The molecule has 0 aliphatic carbocycles. The summed E-state index contributed by atoms with van der Waals surface area (Å²) in [5.41, 5.74) is 1.97. The van der Waals surface area contributed by atoms with Crippen LogP contribution in [0.1, 0.15) is 44.7 Å². The lowest BCUT2D eigenvalue weighted by atomic mass is 9.97. The number of pyridine rings is 2. The van der Waals surface area contributed by atoms with Crippen LogP contribution in [0.4, 0.5) is 20.7 Å². The van der Waals surface area contributed by atoms with E-state index in [0.29, 0.717) is 39.0 Å². The summed E-state index contributed by atoms with van der Waals surface area (Å²) in [5, 5.41) is 8.20. The molecule has 1 atom stereocenters. The number of aromatic nitrogens is 4. The van der Waals surface area contributed by atoms with E-state index in [-0.39, 0.29) is 24.9 Å². The monoisotopic (exact) mass is 546 g/mol. The Morgan fingerprint density at radius 3 is 2.58 bits per heavy atom. The second-order valence-corrected chi connectivity index (χ2v) is 10.8. The minimum Gasteiger partial charge on any atom is -0.474 e. The smallest absolute Gasteiger partial charge is 0.415 e. The molecule has 5 rings (SSSR count). The molecule has 11 heteroatoms. The van der Waals surface area contributed by atoms with Crippen LogP contribution in [0.5, 0.6) is 5.88 Å². The third-order valence-electron chi connectivity index (χ3n) is 6.68. The molecule has 2 amide bonds. The number of ether oxygens (including phenoxy) is 2. The highest BCUT2D eigenvalue weighted by Gasteiger charge is 2.32. The van der Waals surface area contributed by atoms with Crippen LogP contribution >= 0.6 is 0 Å². The van der Waals surface area contributed by atoms with Crippen molar-refractivity contribution in [2.45, 2.75) is 46.1 Å². The second-order valence-electron chi connectivity index (χ2n) is 10.8. The molecule has 208 valence electrons. The number of nitrogens with zero attached hydrogens (tertiary/aromatic N) is 5. The van der Waals surface area contributed by atoms with E-state index in [9.17, 15) is 9.59 Å².